The van der Waals surface area contributed by atoms with Gasteiger partial charge >= 0.3 is 5.97 Å². The van der Waals surface area contributed by atoms with Crippen molar-refractivity contribution in [2.45, 2.75) is 32.0 Å². The smallest absolute Gasteiger partial charge is 0.343 e. The molecular weight excluding hydrogens is 302 g/mol. The van der Waals surface area contributed by atoms with E-state index in [1.54, 1.807) is 6.92 Å². The van der Waals surface area contributed by atoms with E-state index in [9.17, 15) is 4.79 Å². The van der Waals surface area contributed by atoms with E-state index in [4.69, 9.17) is 14.7 Å². The lowest BCUT2D eigenvalue weighted by Gasteiger charge is -2.31. The van der Waals surface area contributed by atoms with Gasteiger partial charge in [-0.15, -0.1) is 0 Å². The summed E-state index contributed by atoms with van der Waals surface area (Å²) in [6.45, 7) is 2.28. The van der Waals surface area contributed by atoms with Gasteiger partial charge in [0.2, 0.25) is 0 Å². The first-order valence-electron chi connectivity index (χ1n) is 8.00. The molecule has 0 N–H and O–H groups in total. The van der Waals surface area contributed by atoms with E-state index in [1.165, 1.54) is 0 Å². The van der Waals surface area contributed by atoms with E-state index in [1.807, 2.05) is 60.7 Å². The van der Waals surface area contributed by atoms with Crippen LogP contribution in [0.5, 0.6) is 0 Å². The highest BCUT2D eigenvalue weighted by atomic mass is 16.6. The Balaban J connectivity index is 2.36. The molecule has 1 atom stereocenters. The Morgan fingerprint density at radius 2 is 1.71 bits per heavy atom. The lowest BCUT2D eigenvalue weighted by atomic mass is 9.88. The van der Waals surface area contributed by atoms with Crippen molar-refractivity contribution in [3.8, 4) is 6.07 Å². The zero-order chi connectivity index (χ0) is 17.3. The largest absolute Gasteiger partial charge is 0.464 e. The quantitative estimate of drug-likeness (QED) is 0.690. The second-order valence-electron chi connectivity index (χ2n) is 5.35. The van der Waals surface area contributed by atoms with E-state index >= 15 is 0 Å². The first kappa shape index (κ1) is 17.7. The Kier molecular flexibility index (Phi) is 6.53. The maximum Gasteiger partial charge on any atom is 0.343 e. The van der Waals surface area contributed by atoms with Gasteiger partial charge in [-0.25, -0.2) is 4.79 Å². The highest BCUT2D eigenvalue weighted by molar-refractivity contribution is 5.81. The van der Waals surface area contributed by atoms with Gasteiger partial charge in [0.15, 0.2) is 5.60 Å². The van der Waals surface area contributed by atoms with E-state index in [-0.39, 0.29) is 26.1 Å². The van der Waals surface area contributed by atoms with Gasteiger partial charge in [-0.2, -0.15) is 5.26 Å². The number of nitriles is 1. The van der Waals surface area contributed by atoms with Crippen LogP contribution >= 0.6 is 0 Å². The van der Waals surface area contributed by atoms with Crippen molar-refractivity contribution in [1.29, 1.82) is 5.26 Å². The number of rotatable bonds is 8. The first-order valence-corrected chi connectivity index (χ1v) is 8.00. The minimum absolute atomic E-state index is 0.197. The number of carbonyl (C=O) groups excluding carboxylic acids is 1. The minimum atomic E-state index is -1.27. The number of benzene rings is 2. The van der Waals surface area contributed by atoms with Crippen molar-refractivity contribution in [1.82, 2.24) is 0 Å². The number of esters is 1. The van der Waals surface area contributed by atoms with Crippen LogP contribution in [0.15, 0.2) is 60.7 Å². The normalized spacial score (nSPS) is 12.8. The van der Waals surface area contributed by atoms with Crippen LogP contribution in [0, 0.1) is 11.3 Å². The van der Waals surface area contributed by atoms with Crippen LogP contribution in [-0.2, 0) is 26.5 Å². The van der Waals surface area contributed by atoms with Crippen molar-refractivity contribution >= 4 is 5.97 Å². The molecule has 24 heavy (non-hydrogen) atoms. The van der Waals surface area contributed by atoms with Crippen molar-refractivity contribution < 1.29 is 14.3 Å². The molecule has 4 heteroatoms. The molecule has 0 heterocycles. The predicted octanol–water partition coefficient (Wildman–Crippen LogP) is 3.97. The summed E-state index contributed by atoms with van der Waals surface area (Å²) >= 11 is 0. The SMILES string of the molecule is CCOC(=O)[C@@](CCC#N)(OCc1ccccc1)c1ccccc1. The molecule has 0 radical (unpaired) electrons. The zero-order valence-corrected chi connectivity index (χ0v) is 13.8. The van der Waals surface area contributed by atoms with E-state index in [2.05, 4.69) is 6.07 Å². The number of carbonyl (C=O) groups is 1. The molecule has 0 saturated carbocycles. The number of hydrogen-bond acceptors (Lipinski definition) is 4. The van der Waals surface area contributed by atoms with Crippen LogP contribution in [0.3, 0.4) is 0 Å². The molecular formula is C20H21NO3. The molecule has 0 aromatic heterocycles. The average molecular weight is 323 g/mol. The van der Waals surface area contributed by atoms with Gasteiger partial charge in [0.25, 0.3) is 0 Å². The number of hydrogen-bond donors (Lipinski definition) is 0. The Bertz CT molecular complexity index is 679. The molecule has 4 nitrogen and oxygen atoms in total. The molecule has 0 aliphatic rings. The summed E-state index contributed by atoms with van der Waals surface area (Å²) in [5.41, 5.74) is 0.386. The third-order valence-corrected chi connectivity index (χ3v) is 3.76. The Morgan fingerprint density at radius 3 is 2.29 bits per heavy atom. The molecule has 0 unspecified atom stereocenters. The van der Waals surface area contributed by atoms with Gasteiger partial charge in [-0.1, -0.05) is 60.7 Å². The molecule has 0 aliphatic carbocycles. The number of ether oxygens (including phenoxy) is 2. The zero-order valence-electron chi connectivity index (χ0n) is 13.8. The Morgan fingerprint density at radius 1 is 1.08 bits per heavy atom. The monoisotopic (exact) mass is 323 g/mol. The van der Waals surface area contributed by atoms with E-state index in [0.717, 1.165) is 5.56 Å². The van der Waals surface area contributed by atoms with Crippen LogP contribution in [0.1, 0.15) is 30.9 Å². The van der Waals surface area contributed by atoms with Crippen LogP contribution in [0.4, 0.5) is 0 Å². The summed E-state index contributed by atoms with van der Waals surface area (Å²) in [7, 11) is 0. The summed E-state index contributed by atoms with van der Waals surface area (Å²) < 4.78 is 11.4. The van der Waals surface area contributed by atoms with E-state index < -0.39 is 11.6 Å². The Labute approximate surface area is 142 Å². The standard InChI is InChI=1S/C20H21NO3/c1-2-23-19(22)20(14-9-15-21,18-12-7-4-8-13-18)24-16-17-10-5-3-6-11-17/h3-8,10-13H,2,9,14,16H2,1H3/t20-/m0/s1. The van der Waals surface area contributed by atoms with Crippen LogP contribution < -0.4 is 0 Å². The molecule has 0 aliphatic heterocycles. The van der Waals surface area contributed by atoms with E-state index in [0.29, 0.717) is 5.56 Å². The molecule has 2 rings (SSSR count). The number of nitrogens with zero attached hydrogens (tertiary/aromatic N) is 1. The maximum absolute atomic E-state index is 12.7. The van der Waals surface area contributed by atoms with Gasteiger partial charge < -0.3 is 9.47 Å². The fourth-order valence-corrected chi connectivity index (χ4v) is 2.55. The first-order chi connectivity index (χ1) is 11.7. The van der Waals surface area contributed by atoms with Gasteiger partial charge in [0.05, 0.1) is 19.3 Å². The summed E-state index contributed by atoms with van der Waals surface area (Å²) in [6.07, 6.45) is 0.446. The molecule has 2 aromatic rings. The highest BCUT2D eigenvalue weighted by Gasteiger charge is 2.42. The van der Waals surface area contributed by atoms with Crippen molar-refractivity contribution in [2.24, 2.45) is 0 Å². The lowest BCUT2D eigenvalue weighted by Crippen LogP contribution is -2.40. The Hall–Kier alpha value is -2.64. The molecule has 0 saturated heterocycles. The topological polar surface area (TPSA) is 59.3 Å². The van der Waals surface area contributed by atoms with Crippen LogP contribution in [0.25, 0.3) is 0 Å². The summed E-state index contributed by atoms with van der Waals surface area (Å²) in [5, 5.41) is 9.02. The second kappa shape index (κ2) is 8.85. The van der Waals surface area contributed by atoms with Gasteiger partial charge in [-0.05, 0) is 18.1 Å². The minimum Gasteiger partial charge on any atom is -0.464 e. The van der Waals surface area contributed by atoms with Crippen molar-refractivity contribution in [3.63, 3.8) is 0 Å². The van der Waals surface area contributed by atoms with Crippen molar-refractivity contribution in [2.75, 3.05) is 6.61 Å². The van der Waals surface area contributed by atoms with Crippen LogP contribution in [0.2, 0.25) is 0 Å². The molecule has 2 aromatic carbocycles. The third-order valence-electron chi connectivity index (χ3n) is 3.76. The molecule has 0 spiro atoms. The van der Waals surface area contributed by atoms with Crippen molar-refractivity contribution in [3.05, 3.63) is 71.8 Å². The highest BCUT2D eigenvalue weighted by Crippen LogP contribution is 2.33. The summed E-state index contributed by atoms with van der Waals surface area (Å²) in [6, 6.07) is 21.0. The molecule has 124 valence electrons. The predicted molar refractivity (Wildman–Crippen MR) is 90.8 cm³/mol. The van der Waals surface area contributed by atoms with Gasteiger partial charge in [0, 0.05) is 12.8 Å². The second-order valence-corrected chi connectivity index (χ2v) is 5.35. The molecule has 0 bridgehead atoms. The summed E-state index contributed by atoms with van der Waals surface area (Å²) in [5.74, 6) is -0.456. The fraction of sp³-hybridized carbons (Fsp3) is 0.300. The molecule has 0 amide bonds. The lowest BCUT2D eigenvalue weighted by molar-refractivity contribution is -0.177. The molecule has 0 fully saturated rings. The van der Waals surface area contributed by atoms with Crippen LogP contribution in [-0.4, -0.2) is 12.6 Å². The maximum atomic E-state index is 12.7. The van der Waals surface area contributed by atoms with Gasteiger partial charge in [-0.3, -0.25) is 0 Å². The average Bonchev–Trinajstić information content (AvgIpc) is 2.64. The summed E-state index contributed by atoms with van der Waals surface area (Å²) in [4.78, 5) is 12.7. The fourth-order valence-electron chi connectivity index (χ4n) is 2.55. The third kappa shape index (κ3) is 4.21. The van der Waals surface area contributed by atoms with Gasteiger partial charge in [0.1, 0.15) is 0 Å².